The van der Waals surface area contributed by atoms with Crippen LogP contribution in [-0.2, 0) is 4.79 Å². The lowest BCUT2D eigenvalue weighted by Gasteiger charge is -2.05. The van der Waals surface area contributed by atoms with E-state index in [1.807, 2.05) is 6.92 Å². The third-order valence-electron chi connectivity index (χ3n) is 1.81. The van der Waals surface area contributed by atoms with Crippen LogP contribution in [-0.4, -0.2) is 17.3 Å². The van der Waals surface area contributed by atoms with Crippen molar-refractivity contribution >= 4 is 6.29 Å². The molecule has 0 saturated carbocycles. The first-order chi connectivity index (χ1) is 5.72. The molecule has 0 aromatic heterocycles. The molecule has 4 nitrogen and oxygen atoms in total. The van der Waals surface area contributed by atoms with E-state index < -0.39 is 6.04 Å². The maximum Gasteiger partial charge on any atom is 0.213 e. The number of hydrogen-bond donors (Lipinski definition) is 0. The van der Waals surface area contributed by atoms with Crippen LogP contribution in [0.3, 0.4) is 0 Å². The molecule has 0 saturated heterocycles. The Morgan fingerprint density at radius 1 is 1.50 bits per heavy atom. The third kappa shape index (κ3) is 4.82. The largest absolute Gasteiger partial charge is 0.303 e. The van der Waals surface area contributed by atoms with Crippen molar-refractivity contribution < 1.29 is 9.72 Å². The molecule has 0 aliphatic heterocycles. The van der Waals surface area contributed by atoms with E-state index in [4.69, 9.17) is 0 Å². The minimum absolute atomic E-state index is 0.279. The highest BCUT2D eigenvalue weighted by molar-refractivity contribution is 5.49. The summed E-state index contributed by atoms with van der Waals surface area (Å²) in [6.07, 6.45) is 3.85. The lowest BCUT2D eigenvalue weighted by Crippen LogP contribution is -2.19. The number of aldehydes is 1. The number of nitro groups is 1. The van der Waals surface area contributed by atoms with Gasteiger partial charge in [-0.15, -0.1) is 0 Å². The van der Waals surface area contributed by atoms with E-state index in [2.05, 4.69) is 0 Å². The van der Waals surface area contributed by atoms with Gasteiger partial charge in [-0.2, -0.15) is 0 Å². The predicted octanol–water partition coefficient (Wildman–Crippen LogP) is 1.80. The highest BCUT2D eigenvalue weighted by atomic mass is 16.6. The van der Waals surface area contributed by atoms with Gasteiger partial charge in [0.25, 0.3) is 0 Å². The molecule has 70 valence electrons. The lowest BCUT2D eigenvalue weighted by molar-refractivity contribution is -0.524. The van der Waals surface area contributed by atoms with Crippen molar-refractivity contribution in [2.45, 2.75) is 45.1 Å². The van der Waals surface area contributed by atoms with Crippen molar-refractivity contribution in [2.75, 3.05) is 0 Å². The van der Waals surface area contributed by atoms with Crippen LogP contribution in [0.5, 0.6) is 0 Å². The number of hydrogen-bond acceptors (Lipinski definition) is 3. The summed E-state index contributed by atoms with van der Waals surface area (Å²) in [4.78, 5) is 20.1. The molecule has 0 radical (unpaired) electrons. The van der Waals surface area contributed by atoms with Crippen LogP contribution < -0.4 is 0 Å². The predicted molar refractivity (Wildman–Crippen MR) is 45.6 cm³/mol. The number of rotatable bonds is 7. The Morgan fingerprint density at radius 2 is 2.17 bits per heavy atom. The van der Waals surface area contributed by atoms with Crippen LogP contribution in [0.2, 0.25) is 0 Å². The molecule has 12 heavy (non-hydrogen) atoms. The van der Waals surface area contributed by atoms with Gasteiger partial charge in [0.05, 0.1) is 0 Å². The van der Waals surface area contributed by atoms with E-state index >= 15 is 0 Å². The SMILES string of the molecule is CCCCC(CCC=O)[N+](=O)[O-]. The van der Waals surface area contributed by atoms with Gasteiger partial charge in [-0.3, -0.25) is 10.1 Å². The summed E-state index contributed by atoms with van der Waals surface area (Å²) >= 11 is 0. The van der Waals surface area contributed by atoms with Crippen molar-refractivity contribution in [3.05, 3.63) is 10.1 Å². The molecule has 4 heteroatoms. The van der Waals surface area contributed by atoms with E-state index in [0.717, 1.165) is 19.1 Å². The second-order valence-corrected chi connectivity index (χ2v) is 2.83. The summed E-state index contributed by atoms with van der Waals surface area (Å²) in [5.74, 6) is 0. The Bertz CT molecular complexity index is 147. The second kappa shape index (κ2) is 6.76. The zero-order chi connectivity index (χ0) is 9.40. The highest BCUT2D eigenvalue weighted by Crippen LogP contribution is 2.08. The van der Waals surface area contributed by atoms with Crippen molar-refractivity contribution in [1.82, 2.24) is 0 Å². The second-order valence-electron chi connectivity index (χ2n) is 2.83. The Balaban J connectivity index is 3.69. The third-order valence-corrected chi connectivity index (χ3v) is 1.81. The maximum absolute atomic E-state index is 10.4. The molecule has 0 N–H and O–H groups in total. The molecule has 0 bridgehead atoms. The van der Waals surface area contributed by atoms with Gasteiger partial charge in [0, 0.05) is 24.2 Å². The topological polar surface area (TPSA) is 60.2 Å². The smallest absolute Gasteiger partial charge is 0.213 e. The molecule has 0 aliphatic rings. The minimum atomic E-state index is -0.518. The molecular weight excluding hydrogens is 158 g/mol. The molecule has 0 aliphatic carbocycles. The Hall–Kier alpha value is -0.930. The summed E-state index contributed by atoms with van der Waals surface area (Å²) in [5, 5.41) is 10.4. The number of carbonyl (C=O) groups excluding carboxylic acids is 1. The molecule has 1 atom stereocenters. The molecular formula is C8H15NO3. The quantitative estimate of drug-likeness (QED) is 0.335. The van der Waals surface area contributed by atoms with Crippen molar-refractivity contribution in [2.24, 2.45) is 0 Å². The zero-order valence-corrected chi connectivity index (χ0v) is 7.36. The Kier molecular flexibility index (Phi) is 6.24. The van der Waals surface area contributed by atoms with E-state index in [0.29, 0.717) is 19.3 Å². The maximum atomic E-state index is 10.4. The number of nitrogens with zero attached hydrogens (tertiary/aromatic N) is 1. The normalized spacial score (nSPS) is 12.4. The fourth-order valence-corrected chi connectivity index (χ4v) is 1.06. The fraction of sp³-hybridized carbons (Fsp3) is 0.875. The first kappa shape index (κ1) is 11.1. The average Bonchev–Trinajstić information content (AvgIpc) is 2.04. The molecule has 0 aromatic rings. The highest BCUT2D eigenvalue weighted by Gasteiger charge is 2.17. The van der Waals surface area contributed by atoms with Crippen LogP contribution in [0.15, 0.2) is 0 Å². The van der Waals surface area contributed by atoms with Crippen molar-refractivity contribution in [3.8, 4) is 0 Å². The summed E-state index contributed by atoms with van der Waals surface area (Å²) < 4.78 is 0. The Morgan fingerprint density at radius 3 is 2.58 bits per heavy atom. The van der Waals surface area contributed by atoms with Gasteiger partial charge in [0.2, 0.25) is 6.04 Å². The zero-order valence-electron chi connectivity index (χ0n) is 7.36. The van der Waals surface area contributed by atoms with E-state index in [1.165, 1.54) is 0 Å². The standard InChI is InChI=1S/C8H15NO3/c1-2-3-5-8(9(11)12)6-4-7-10/h7-8H,2-6H2,1H3. The molecule has 0 spiro atoms. The molecule has 0 heterocycles. The van der Waals surface area contributed by atoms with Crippen LogP contribution in [0.4, 0.5) is 0 Å². The summed E-state index contributed by atoms with van der Waals surface area (Å²) in [5.41, 5.74) is 0. The first-order valence-electron chi connectivity index (χ1n) is 4.29. The lowest BCUT2D eigenvalue weighted by atomic mass is 10.1. The van der Waals surface area contributed by atoms with Gasteiger partial charge in [-0.25, -0.2) is 0 Å². The van der Waals surface area contributed by atoms with Gasteiger partial charge in [0.15, 0.2) is 0 Å². The summed E-state index contributed by atoms with van der Waals surface area (Å²) in [6.45, 7) is 2.00. The van der Waals surface area contributed by atoms with E-state index in [1.54, 1.807) is 0 Å². The monoisotopic (exact) mass is 173 g/mol. The van der Waals surface area contributed by atoms with Crippen molar-refractivity contribution in [1.29, 1.82) is 0 Å². The van der Waals surface area contributed by atoms with Gasteiger partial charge in [-0.05, 0) is 6.42 Å². The fourth-order valence-electron chi connectivity index (χ4n) is 1.06. The molecule has 0 fully saturated rings. The van der Waals surface area contributed by atoms with Gasteiger partial charge < -0.3 is 4.79 Å². The van der Waals surface area contributed by atoms with E-state index in [9.17, 15) is 14.9 Å². The van der Waals surface area contributed by atoms with Gasteiger partial charge >= 0.3 is 0 Å². The summed E-state index contributed by atoms with van der Waals surface area (Å²) in [7, 11) is 0. The minimum Gasteiger partial charge on any atom is -0.303 e. The Labute approximate surface area is 72.1 Å². The molecule has 0 aromatic carbocycles. The first-order valence-corrected chi connectivity index (χ1v) is 4.29. The molecule has 0 amide bonds. The summed E-state index contributed by atoms with van der Waals surface area (Å²) in [6, 6.07) is -0.518. The van der Waals surface area contributed by atoms with Crippen LogP contribution in [0.1, 0.15) is 39.0 Å². The molecule has 0 rings (SSSR count). The molecule has 1 unspecified atom stereocenters. The van der Waals surface area contributed by atoms with Gasteiger partial charge in [-0.1, -0.05) is 13.3 Å². The van der Waals surface area contributed by atoms with E-state index in [-0.39, 0.29) is 4.92 Å². The van der Waals surface area contributed by atoms with Gasteiger partial charge in [0.1, 0.15) is 6.29 Å². The van der Waals surface area contributed by atoms with Crippen LogP contribution in [0, 0.1) is 10.1 Å². The number of unbranched alkanes of at least 4 members (excludes halogenated alkanes) is 1. The average molecular weight is 173 g/mol. The number of carbonyl (C=O) groups is 1. The van der Waals surface area contributed by atoms with Crippen LogP contribution in [0.25, 0.3) is 0 Å². The van der Waals surface area contributed by atoms with Crippen LogP contribution >= 0.6 is 0 Å². The van der Waals surface area contributed by atoms with Crippen molar-refractivity contribution in [3.63, 3.8) is 0 Å².